The average Bonchev–Trinajstić information content (AvgIpc) is 3.25. The number of imide groups is 2. The zero-order valence-corrected chi connectivity index (χ0v) is 23.1. The first-order valence-corrected chi connectivity index (χ1v) is 13.5. The maximum absolute atomic E-state index is 13.9. The van der Waals surface area contributed by atoms with Gasteiger partial charge in [0.2, 0.25) is 11.8 Å². The number of anilines is 1. The minimum absolute atomic E-state index is 0.130. The second kappa shape index (κ2) is 8.71. The first kappa shape index (κ1) is 26.2. The van der Waals surface area contributed by atoms with Gasteiger partial charge in [0.05, 0.1) is 24.6 Å². The molecule has 6 atom stereocenters. The maximum atomic E-state index is 13.9. The van der Waals surface area contributed by atoms with E-state index in [0.717, 1.165) is 9.80 Å². The van der Waals surface area contributed by atoms with Crippen LogP contribution < -0.4 is 9.64 Å². The minimum Gasteiger partial charge on any atom is -0.508 e. The van der Waals surface area contributed by atoms with E-state index in [1.807, 2.05) is 6.08 Å². The van der Waals surface area contributed by atoms with Gasteiger partial charge in [-0.2, -0.15) is 0 Å². The molecule has 2 heterocycles. The molecule has 39 heavy (non-hydrogen) atoms. The fourth-order valence-electron chi connectivity index (χ4n) is 6.82. The zero-order valence-electron chi connectivity index (χ0n) is 20.9. The molecule has 8 nitrogen and oxygen atoms in total. The third-order valence-corrected chi connectivity index (χ3v) is 10.3. The van der Waals surface area contributed by atoms with Crippen LogP contribution in [0.3, 0.4) is 0 Å². The van der Waals surface area contributed by atoms with Crippen molar-refractivity contribution in [1.82, 2.24) is 4.90 Å². The zero-order chi connectivity index (χ0) is 28.0. The van der Waals surface area contributed by atoms with E-state index in [1.54, 1.807) is 36.4 Å². The third kappa shape index (κ3) is 3.31. The van der Waals surface area contributed by atoms with Crippen LogP contribution in [-0.4, -0.2) is 57.5 Å². The Kier molecular flexibility index (Phi) is 5.85. The number of allylic oxidation sites excluding steroid dienone is 2. The number of hydrogen-bond acceptors (Lipinski definition) is 6. The number of ether oxygens (including phenoxy) is 1. The molecule has 0 radical (unpaired) electrons. The highest BCUT2D eigenvalue weighted by Crippen LogP contribution is 2.66. The van der Waals surface area contributed by atoms with Crippen LogP contribution >= 0.6 is 34.8 Å². The number of benzene rings is 2. The number of alkyl halides is 2. The molecule has 1 saturated carbocycles. The van der Waals surface area contributed by atoms with Crippen molar-refractivity contribution in [3.63, 3.8) is 0 Å². The summed E-state index contributed by atoms with van der Waals surface area (Å²) in [6.07, 6.45) is 1.89. The standard InChI is InChI=1S/C28H23Cl3N2O6/c1-32-25(37)27(30)12-19-16(22(28(27,31)26(32)38)18-11-15(39-2)7-10-20(18)34)8-9-17-21(19)24(36)33(23(17)35)14-5-3-13(29)4-6-14/h3-8,10-11,17,19,21-22,34H,9,12H2,1-2H3/t17-,19+,21-,22+,27+,28-/m0/s1. The van der Waals surface area contributed by atoms with Crippen molar-refractivity contribution in [2.24, 2.45) is 17.8 Å². The molecular weight excluding hydrogens is 567 g/mol. The Labute approximate surface area is 239 Å². The van der Waals surface area contributed by atoms with Crippen molar-refractivity contribution >= 4 is 64.1 Å². The molecule has 2 aromatic carbocycles. The van der Waals surface area contributed by atoms with E-state index in [4.69, 9.17) is 39.5 Å². The number of methoxy groups -OCH3 is 1. The van der Waals surface area contributed by atoms with Gasteiger partial charge in [0.1, 0.15) is 11.5 Å². The van der Waals surface area contributed by atoms with Gasteiger partial charge in [-0.25, -0.2) is 0 Å². The second-order valence-corrected chi connectivity index (χ2v) is 12.1. The summed E-state index contributed by atoms with van der Waals surface area (Å²) in [6.45, 7) is 0. The highest BCUT2D eigenvalue weighted by molar-refractivity contribution is 6.53. The number of likely N-dealkylation sites (tertiary alicyclic amines) is 1. The lowest BCUT2D eigenvalue weighted by Gasteiger charge is -2.50. The van der Waals surface area contributed by atoms with Crippen LogP contribution in [0.4, 0.5) is 5.69 Å². The summed E-state index contributed by atoms with van der Waals surface area (Å²) in [6, 6.07) is 10.9. The van der Waals surface area contributed by atoms with Crippen molar-refractivity contribution in [2.75, 3.05) is 19.1 Å². The van der Waals surface area contributed by atoms with Crippen molar-refractivity contribution < 1.29 is 29.0 Å². The van der Waals surface area contributed by atoms with Crippen LogP contribution in [0.25, 0.3) is 0 Å². The summed E-state index contributed by atoms with van der Waals surface area (Å²) in [5.41, 5.74) is 1.22. The van der Waals surface area contributed by atoms with Gasteiger partial charge in [-0.05, 0) is 61.2 Å². The molecule has 1 N–H and O–H groups in total. The molecule has 4 amide bonds. The quantitative estimate of drug-likeness (QED) is 0.326. The fourth-order valence-corrected chi connectivity index (χ4v) is 7.96. The Morgan fingerprint density at radius 3 is 2.33 bits per heavy atom. The lowest BCUT2D eigenvalue weighted by molar-refractivity contribution is -0.138. The Morgan fingerprint density at radius 2 is 1.67 bits per heavy atom. The molecular formula is C28H23Cl3N2O6. The second-order valence-electron chi connectivity index (χ2n) is 10.4. The van der Waals surface area contributed by atoms with Crippen molar-refractivity contribution in [2.45, 2.75) is 28.5 Å². The van der Waals surface area contributed by atoms with Gasteiger partial charge in [-0.3, -0.25) is 29.0 Å². The van der Waals surface area contributed by atoms with Crippen LogP contribution in [0.2, 0.25) is 5.02 Å². The molecule has 2 saturated heterocycles. The molecule has 0 aromatic heterocycles. The van der Waals surface area contributed by atoms with E-state index in [1.165, 1.54) is 20.2 Å². The Hall–Kier alpha value is -3.07. The van der Waals surface area contributed by atoms with Gasteiger partial charge in [-0.1, -0.05) is 23.3 Å². The van der Waals surface area contributed by atoms with Gasteiger partial charge < -0.3 is 9.84 Å². The van der Waals surface area contributed by atoms with E-state index in [-0.39, 0.29) is 30.1 Å². The number of aromatic hydroxyl groups is 1. The van der Waals surface area contributed by atoms with Crippen LogP contribution in [0.1, 0.15) is 24.3 Å². The van der Waals surface area contributed by atoms with E-state index in [2.05, 4.69) is 0 Å². The number of phenols is 1. The summed E-state index contributed by atoms with van der Waals surface area (Å²) in [5, 5.41) is 11.4. The molecule has 2 aliphatic carbocycles. The minimum atomic E-state index is -1.99. The summed E-state index contributed by atoms with van der Waals surface area (Å²) >= 11 is 20.3. The average molecular weight is 590 g/mol. The molecule has 0 unspecified atom stereocenters. The molecule has 0 bridgehead atoms. The molecule has 202 valence electrons. The molecule has 6 rings (SSSR count). The summed E-state index contributed by atoms with van der Waals surface area (Å²) < 4.78 is 5.36. The highest BCUT2D eigenvalue weighted by Gasteiger charge is 2.76. The van der Waals surface area contributed by atoms with Crippen LogP contribution in [0.5, 0.6) is 11.5 Å². The van der Waals surface area contributed by atoms with Gasteiger partial charge in [-0.15, -0.1) is 23.2 Å². The number of carbonyl (C=O) groups excluding carboxylic acids is 4. The van der Waals surface area contributed by atoms with Crippen molar-refractivity contribution in [3.8, 4) is 11.5 Å². The third-order valence-electron chi connectivity index (χ3n) is 8.64. The monoisotopic (exact) mass is 588 g/mol. The fraction of sp³-hybridized carbons (Fsp3) is 0.357. The number of phenolic OH excluding ortho intramolecular Hbond substituents is 1. The van der Waals surface area contributed by atoms with Crippen LogP contribution in [0, 0.1) is 17.8 Å². The predicted molar refractivity (Wildman–Crippen MR) is 144 cm³/mol. The van der Waals surface area contributed by atoms with Gasteiger partial charge in [0, 0.05) is 23.6 Å². The number of rotatable bonds is 3. The number of amides is 4. The van der Waals surface area contributed by atoms with E-state index >= 15 is 0 Å². The molecule has 2 aromatic rings. The Balaban J connectivity index is 1.53. The normalized spacial score (nSPS) is 33.6. The summed E-state index contributed by atoms with van der Waals surface area (Å²) in [7, 11) is 2.77. The molecule has 4 aliphatic rings. The number of hydrogen-bond donors (Lipinski definition) is 1. The predicted octanol–water partition coefficient (Wildman–Crippen LogP) is 4.25. The lowest BCUT2D eigenvalue weighted by atomic mass is 9.56. The maximum Gasteiger partial charge on any atom is 0.253 e. The van der Waals surface area contributed by atoms with Gasteiger partial charge >= 0.3 is 0 Å². The molecule has 2 aliphatic heterocycles. The Morgan fingerprint density at radius 1 is 0.974 bits per heavy atom. The van der Waals surface area contributed by atoms with Crippen LogP contribution in [0.15, 0.2) is 54.1 Å². The first-order chi connectivity index (χ1) is 18.5. The van der Waals surface area contributed by atoms with Gasteiger partial charge in [0.25, 0.3) is 11.8 Å². The van der Waals surface area contributed by atoms with E-state index in [0.29, 0.717) is 22.0 Å². The van der Waals surface area contributed by atoms with Crippen molar-refractivity contribution in [3.05, 3.63) is 64.7 Å². The number of fused-ring (bicyclic) bond motifs is 4. The van der Waals surface area contributed by atoms with Gasteiger partial charge in [0.15, 0.2) is 9.75 Å². The largest absolute Gasteiger partial charge is 0.508 e. The molecule has 11 heteroatoms. The summed E-state index contributed by atoms with van der Waals surface area (Å²) in [5.74, 6) is -5.24. The SMILES string of the molecule is COc1ccc(O)c([C@H]2C3=CC[C@@H]4C(=O)N(c5ccc(Cl)cc5)C(=O)[C@@H]4[C@@H]3C[C@@]3(Cl)C(=O)N(C)C(=O)[C@@]23Cl)c1. The molecule has 0 spiro atoms. The van der Waals surface area contributed by atoms with Crippen molar-refractivity contribution in [1.29, 1.82) is 0 Å². The van der Waals surface area contributed by atoms with Crippen LogP contribution in [-0.2, 0) is 19.2 Å². The smallest absolute Gasteiger partial charge is 0.253 e. The number of carbonyl (C=O) groups is 4. The first-order valence-electron chi connectivity index (χ1n) is 12.4. The lowest BCUT2D eigenvalue weighted by Crippen LogP contribution is -2.60. The molecule has 3 fully saturated rings. The summed E-state index contributed by atoms with van der Waals surface area (Å²) in [4.78, 5) is 52.7. The van der Waals surface area contributed by atoms with E-state index < -0.39 is 51.1 Å². The number of nitrogens with zero attached hydrogens (tertiary/aromatic N) is 2. The number of halogens is 3. The topological polar surface area (TPSA) is 104 Å². The highest BCUT2D eigenvalue weighted by atomic mass is 35.5. The Bertz CT molecular complexity index is 1490. The van der Waals surface area contributed by atoms with E-state index in [9.17, 15) is 24.3 Å².